The Morgan fingerprint density at radius 1 is 1.00 bits per heavy atom. The zero-order valence-electron chi connectivity index (χ0n) is 21.4. The van der Waals surface area contributed by atoms with Crippen LogP contribution in [0.25, 0.3) is 0 Å². The van der Waals surface area contributed by atoms with Crippen LogP contribution in [0.2, 0.25) is 0 Å². The number of hydrogen-bond acceptors (Lipinski definition) is 6. The fourth-order valence-corrected chi connectivity index (χ4v) is 4.03. The van der Waals surface area contributed by atoms with Gasteiger partial charge in [-0.25, -0.2) is 14.5 Å². The number of amides is 2. The minimum absolute atomic E-state index is 0.0318. The summed E-state index contributed by atoms with van der Waals surface area (Å²) >= 11 is 0. The van der Waals surface area contributed by atoms with Crippen molar-refractivity contribution in [2.45, 2.75) is 85.5 Å². The maximum Gasteiger partial charge on any atom is 0.419 e. The van der Waals surface area contributed by atoms with E-state index < -0.39 is 34.8 Å². The lowest BCUT2D eigenvalue weighted by atomic mass is 9.83. The summed E-state index contributed by atoms with van der Waals surface area (Å²) in [5, 5.41) is 0. The van der Waals surface area contributed by atoms with E-state index in [1.807, 2.05) is 38.1 Å². The first kappa shape index (κ1) is 26.5. The number of aryl methyl sites for hydroxylation is 2. The van der Waals surface area contributed by atoms with Gasteiger partial charge < -0.3 is 18.8 Å². The van der Waals surface area contributed by atoms with Crippen molar-refractivity contribution in [3.63, 3.8) is 0 Å². The lowest BCUT2D eigenvalue weighted by Gasteiger charge is -2.32. The smallest absolute Gasteiger partial charge is 0.419 e. The second-order valence-corrected chi connectivity index (χ2v) is 10.6. The van der Waals surface area contributed by atoms with Crippen LogP contribution < -0.4 is 0 Å². The molecule has 0 N–H and O–H groups in total. The number of ether oxygens (including phenoxy) is 3. The van der Waals surface area contributed by atoms with Crippen molar-refractivity contribution in [2.24, 2.45) is 5.41 Å². The van der Waals surface area contributed by atoms with Gasteiger partial charge in [-0.3, -0.25) is 4.79 Å². The van der Waals surface area contributed by atoms with Gasteiger partial charge in [0.1, 0.15) is 11.2 Å². The molecule has 0 aromatic carbocycles. The van der Waals surface area contributed by atoms with Crippen molar-refractivity contribution >= 4 is 18.2 Å². The van der Waals surface area contributed by atoms with E-state index in [-0.39, 0.29) is 19.0 Å². The number of rotatable bonds is 5. The summed E-state index contributed by atoms with van der Waals surface area (Å²) in [6.07, 6.45) is 2.85. The average Bonchev–Trinajstić information content (AvgIpc) is 3.22. The second-order valence-electron chi connectivity index (χ2n) is 10.6. The molecule has 1 aliphatic rings. The molecule has 2 rings (SSSR count). The summed E-state index contributed by atoms with van der Waals surface area (Å²) in [7, 11) is 1.34. The Morgan fingerprint density at radius 2 is 1.48 bits per heavy atom. The average molecular weight is 463 g/mol. The van der Waals surface area contributed by atoms with Crippen molar-refractivity contribution in [2.75, 3.05) is 13.7 Å². The number of methoxy groups -OCH3 is 1. The van der Waals surface area contributed by atoms with Gasteiger partial charge in [0, 0.05) is 17.9 Å². The molecule has 8 heteroatoms. The molecule has 1 heterocycles. The van der Waals surface area contributed by atoms with Crippen LogP contribution >= 0.6 is 0 Å². The molecule has 2 amide bonds. The highest BCUT2D eigenvalue weighted by molar-refractivity contribution is 5.88. The number of carbonyl (C=O) groups excluding carboxylic acids is 3. The summed E-state index contributed by atoms with van der Waals surface area (Å²) in [6, 6.07) is 4.04. The normalized spacial score (nSPS) is 20.5. The van der Waals surface area contributed by atoms with E-state index in [1.54, 1.807) is 41.5 Å². The molecule has 1 aromatic heterocycles. The molecule has 0 radical (unpaired) electrons. The Bertz CT molecular complexity index is 871. The van der Waals surface area contributed by atoms with Crippen LogP contribution in [0.5, 0.6) is 0 Å². The van der Waals surface area contributed by atoms with Gasteiger partial charge in [0.2, 0.25) is 0 Å². The predicted molar refractivity (Wildman–Crippen MR) is 125 cm³/mol. The lowest BCUT2D eigenvalue weighted by Crippen LogP contribution is -2.45. The highest BCUT2D eigenvalue weighted by Gasteiger charge is 2.45. The van der Waals surface area contributed by atoms with E-state index in [0.717, 1.165) is 16.3 Å². The molecule has 33 heavy (non-hydrogen) atoms. The first-order valence-corrected chi connectivity index (χ1v) is 11.2. The fourth-order valence-electron chi connectivity index (χ4n) is 4.03. The Labute approximate surface area is 196 Å². The molecule has 2 atom stereocenters. The molecular formula is C25H38N2O6. The molecule has 0 saturated heterocycles. The molecule has 0 fully saturated rings. The molecule has 1 aliphatic carbocycles. The highest BCUT2D eigenvalue weighted by atomic mass is 16.6. The van der Waals surface area contributed by atoms with Gasteiger partial charge in [-0.15, -0.1) is 0 Å². The van der Waals surface area contributed by atoms with Crippen LogP contribution in [-0.2, 0) is 19.0 Å². The molecule has 8 nitrogen and oxygen atoms in total. The number of aromatic nitrogens is 1. The van der Waals surface area contributed by atoms with Gasteiger partial charge >= 0.3 is 18.2 Å². The van der Waals surface area contributed by atoms with Crippen molar-refractivity contribution in [3.05, 3.63) is 35.7 Å². The monoisotopic (exact) mass is 462 g/mol. The molecule has 1 aromatic rings. The molecule has 0 unspecified atom stereocenters. The fraction of sp³-hybridized carbons (Fsp3) is 0.640. The number of carbonyl (C=O) groups is 3. The molecule has 0 aliphatic heterocycles. The van der Waals surface area contributed by atoms with E-state index in [0.29, 0.717) is 6.42 Å². The molecular weight excluding hydrogens is 424 g/mol. The van der Waals surface area contributed by atoms with Gasteiger partial charge in [-0.1, -0.05) is 12.2 Å². The van der Waals surface area contributed by atoms with E-state index in [2.05, 4.69) is 4.57 Å². The zero-order valence-corrected chi connectivity index (χ0v) is 21.4. The molecule has 0 bridgehead atoms. The van der Waals surface area contributed by atoms with E-state index in [4.69, 9.17) is 14.2 Å². The highest BCUT2D eigenvalue weighted by Crippen LogP contribution is 2.43. The third-order valence-corrected chi connectivity index (χ3v) is 5.47. The van der Waals surface area contributed by atoms with Crippen LogP contribution in [0.3, 0.4) is 0 Å². The van der Waals surface area contributed by atoms with Crippen LogP contribution in [-0.4, -0.2) is 52.5 Å². The summed E-state index contributed by atoms with van der Waals surface area (Å²) in [5.41, 5.74) is -0.387. The topological polar surface area (TPSA) is 87.1 Å². The van der Waals surface area contributed by atoms with Crippen LogP contribution in [0.15, 0.2) is 24.3 Å². The third-order valence-electron chi connectivity index (χ3n) is 5.47. The summed E-state index contributed by atoms with van der Waals surface area (Å²) in [4.78, 5) is 39.5. The Kier molecular flexibility index (Phi) is 7.71. The van der Waals surface area contributed by atoms with Gasteiger partial charge in [0.25, 0.3) is 0 Å². The number of esters is 1. The van der Waals surface area contributed by atoms with Crippen LogP contribution in [0, 0.1) is 19.3 Å². The summed E-state index contributed by atoms with van der Waals surface area (Å²) < 4.78 is 18.2. The van der Waals surface area contributed by atoms with Crippen LogP contribution in [0.1, 0.15) is 71.8 Å². The Balaban J connectivity index is 2.29. The molecule has 0 spiro atoms. The van der Waals surface area contributed by atoms with Crippen molar-refractivity contribution in [3.8, 4) is 0 Å². The van der Waals surface area contributed by atoms with Crippen molar-refractivity contribution in [1.82, 2.24) is 9.47 Å². The van der Waals surface area contributed by atoms with E-state index in [9.17, 15) is 14.4 Å². The molecule has 0 saturated carbocycles. The number of allylic oxidation sites excluding steroid dienone is 1. The third kappa shape index (κ3) is 6.62. The molecule has 184 valence electrons. The summed E-state index contributed by atoms with van der Waals surface area (Å²) in [6.45, 7) is 14.3. The van der Waals surface area contributed by atoms with E-state index >= 15 is 0 Å². The van der Waals surface area contributed by atoms with Gasteiger partial charge in [-0.2, -0.15) is 0 Å². The summed E-state index contributed by atoms with van der Waals surface area (Å²) in [5.74, 6) is -0.406. The number of imide groups is 1. The lowest BCUT2D eigenvalue weighted by molar-refractivity contribution is -0.150. The Hall–Kier alpha value is -2.77. The largest absolute Gasteiger partial charge is 0.468 e. The first-order chi connectivity index (χ1) is 15.1. The Morgan fingerprint density at radius 3 is 1.91 bits per heavy atom. The standard InChI is InChI=1S/C25H38N2O6/c1-17-10-11-18(2)27(17)19-12-13-25(16-19,20(28)31-9)14-15-26(21(29)32-23(3,4)5)22(30)33-24(6,7)8/h10-13,19H,14-16H2,1-9H3/t19-,25-/m1/s1. The zero-order chi connectivity index (χ0) is 25.2. The van der Waals surface area contributed by atoms with Gasteiger partial charge in [0.05, 0.1) is 18.6 Å². The minimum Gasteiger partial charge on any atom is -0.468 e. The van der Waals surface area contributed by atoms with Crippen molar-refractivity contribution in [1.29, 1.82) is 0 Å². The maximum absolute atomic E-state index is 12.9. The first-order valence-electron chi connectivity index (χ1n) is 11.2. The maximum atomic E-state index is 12.9. The second kappa shape index (κ2) is 9.61. The van der Waals surface area contributed by atoms with Crippen LogP contribution in [0.4, 0.5) is 9.59 Å². The SMILES string of the molecule is COC(=O)[C@@]1(CCN(C(=O)OC(C)(C)C)C(=O)OC(C)(C)C)C=C[C@@H](n2c(C)ccc2C)C1. The van der Waals surface area contributed by atoms with Gasteiger partial charge in [-0.05, 0) is 80.4 Å². The van der Waals surface area contributed by atoms with Crippen molar-refractivity contribution < 1.29 is 28.6 Å². The quantitative estimate of drug-likeness (QED) is 0.334. The predicted octanol–water partition coefficient (Wildman–Crippen LogP) is 5.33. The van der Waals surface area contributed by atoms with E-state index in [1.165, 1.54) is 7.11 Å². The number of hydrogen-bond donors (Lipinski definition) is 0. The number of nitrogens with zero attached hydrogens (tertiary/aromatic N) is 2. The van der Waals surface area contributed by atoms with Gasteiger partial charge in [0.15, 0.2) is 0 Å². The minimum atomic E-state index is -0.981.